The van der Waals surface area contributed by atoms with E-state index in [0.717, 1.165) is 28.8 Å². The predicted octanol–water partition coefficient (Wildman–Crippen LogP) is 3.64. The summed E-state index contributed by atoms with van der Waals surface area (Å²) >= 11 is 7.85. The summed E-state index contributed by atoms with van der Waals surface area (Å²) in [6.07, 6.45) is 1.13. The van der Waals surface area contributed by atoms with Gasteiger partial charge in [0.25, 0.3) is 0 Å². The summed E-state index contributed by atoms with van der Waals surface area (Å²) < 4.78 is 5.17. The number of nitrogens with one attached hydrogen (secondary N) is 1. The Labute approximate surface area is 111 Å². The maximum absolute atomic E-state index is 6.13. The van der Waals surface area contributed by atoms with Gasteiger partial charge in [0, 0.05) is 11.8 Å². The molecule has 0 spiro atoms. The minimum atomic E-state index is 0.378. The largest absolute Gasteiger partial charge is 0.497 e. The number of anilines is 1. The molecule has 0 saturated heterocycles. The normalized spacial score (nSPS) is 19.7. The van der Waals surface area contributed by atoms with Crippen molar-refractivity contribution in [2.24, 2.45) is 4.99 Å². The molecule has 1 aliphatic rings. The number of aliphatic imine (C=N–C) groups is 1. The van der Waals surface area contributed by atoms with Gasteiger partial charge in [0.2, 0.25) is 0 Å². The summed E-state index contributed by atoms with van der Waals surface area (Å²) in [6.45, 7) is 2.12. The van der Waals surface area contributed by atoms with Gasteiger partial charge in [-0.05, 0) is 25.5 Å². The number of hydrogen-bond acceptors (Lipinski definition) is 4. The van der Waals surface area contributed by atoms with Crippen molar-refractivity contribution in [1.82, 2.24) is 0 Å². The van der Waals surface area contributed by atoms with E-state index in [1.165, 1.54) is 0 Å². The zero-order valence-corrected chi connectivity index (χ0v) is 11.4. The van der Waals surface area contributed by atoms with Crippen LogP contribution in [0.1, 0.15) is 13.3 Å². The Hall–Kier alpha value is -0.870. The van der Waals surface area contributed by atoms with E-state index in [-0.39, 0.29) is 0 Å². The number of benzene rings is 1. The first-order valence-corrected chi connectivity index (χ1v) is 6.86. The maximum Gasteiger partial charge on any atom is 0.161 e. The van der Waals surface area contributed by atoms with Crippen LogP contribution in [0, 0.1) is 0 Å². The molecule has 2 rings (SSSR count). The molecule has 0 fully saturated rings. The molecule has 1 heterocycles. The Kier molecular flexibility index (Phi) is 4.18. The van der Waals surface area contributed by atoms with Crippen LogP contribution >= 0.6 is 23.4 Å². The van der Waals surface area contributed by atoms with Crippen molar-refractivity contribution in [2.75, 3.05) is 18.2 Å². The average molecular weight is 271 g/mol. The molecule has 1 aromatic carbocycles. The molecule has 0 saturated carbocycles. The highest BCUT2D eigenvalue weighted by Gasteiger charge is 2.13. The van der Waals surface area contributed by atoms with Crippen LogP contribution in [0.5, 0.6) is 5.75 Å². The van der Waals surface area contributed by atoms with Crippen LogP contribution in [0.3, 0.4) is 0 Å². The van der Waals surface area contributed by atoms with E-state index in [1.54, 1.807) is 18.9 Å². The molecular formula is C12H15ClN2OS. The van der Waals surface area contributed by atoms with Crippen molar-refractivity contribution in [3.63, 3.8) is 0 Å². The number of halogens is 1. The smallest absolute Gasteiger partial charge is 0.161 e. The molecule has 0 radical (unpaired) electrons. The number of ether oxygens (including phenoxy) is 1. The number of rotatable bonds is 2. The van der Waals surface area contributed by atoms with Gasteiger partial charge < -0.3 is 10.1 Å². The SMILES string of the molecule is COc1ccc(Cl)c(NC2=NC(C)CCS2)c1. The van der Waals surface area contributed by atoms with Crippen molar-refractivity contribution in [3.05, 3.63) is 23.2 Å². The molecule has 5 heteroatoms. The number of hydrogen-bond donors (Lipinski definition) is 1. The molecule has 1 N–H and O–H groups in total. The highest BCUT2D eigenvalue weighted by molar-refractivity contribution is 8.14. The van der Waals surface area contributed by atoms with Crippen LogP contribution in [0.4, 0.5) is 5.69 Å². The van der Waals surface area contributed by atoms with Crippen LogP contribution < -0.4 is 10.1 Å². The third kappa shape index (κ3) is 3.30. The average Bonchev–Trinajstić information content (AvgIpc) is 2.32. The lowest BCUT2D eigenvalue weighted by Crippen LogP contribution is -2.18. The lowest BCUT2D eigenvalue weighted by atomic mass is 10.3. The minimum absolute atomic E-state index is 0.378. The minimum Gasteiger partial charge on any atom is -0.497 e. The second-order valence-electron chi connectivity index (χ2n) is 3.89. The Morgan fingerprint density at radius 1 is 1.53 bits per heavy atom. The molecule has 17 heavy (non-hydrogen) atoms. The van der Waals surface area contributed by atoms with E-state index in [2.05, 4.69) is 17.2 Å². The maximum atomic E-state index is 6.13. The fourth-order valence-corrected chi connectivity index (χ4v) is 2.79. The van der Waals surface area contributed by atoms with Gasteiger partial charge in [-0.15, -0.1) is 0 Å². The molecule has 0 bridgehead atoms. The first kappa shape index (κ1) is 12.6. The predicted molar refractivity (Wildman–Crippen MR) is 75.6 cm³/mol. The fraction of sp³-hybridized carbons (Fsp3) is 0.417. The van der Waals surface area contributed by atoms with Gasteiger partial charge >= 0.3 is 0 Å². The second-order valence-corrected chi connectivity index (χ2v) is 5.38. The van der Waals surface area contributed by atoms with E-state index >= 15 is 0 Å². The van der Waals surface area contributed by atoms with E-state index in [9.17, 15) is 0 Å². The van der Waals surface area contributed by atoms with E-state index in [1.807, 2.05) is 18.2 Å². The van der Waals surface area contributed by atoms with E-state index in [4.69, 9.17) is 16.3 Å². The molecule has 0 aliphatic carbocycles. The Bertz CT molecular complexity index is 437. The summed E-state index contributed by atoms with van der Waals surface area (Å²) in [5.74, 6) is 1.88. The molecule has 1 aliphatic heterocycles. The highest BCUT2D eigenvalue weighted by atomic mass is 35.5. The topological polar surface area (TPSA) is 33.6 Å². The van der Waals surface area contributed by atoms with Gasteiger partial charge in [0.15, 0.2) is 5.17 Å². The lowest BCUT2D eigenvalue weighted by molar-refractivity contribution is 0.415. The molecular weight excluding hydrogens is 256 g/mol. The zero-order chi connectivity index (χ0) is 12.3. The fourth-order valence-electron chi connectivity index (χ4n) is 1.54. The van der Waals surface area contributed by atoms with Crippen molar-refractivity contribution in [3.8, 4) is 5.75 Å². The van der Waals surface area contributed by atoms with Crippen molar-refractivity contribution >= 4 is 34.2 Å². The Balaban J connectivity index is 2.17. The highest BCUT2D eigenvalue weighted by Crippen LogP contribution is 2.28. The summed E-state index contributed by atoms with van der Waals surface area (Å²) in [4.78, 5) is 4.54. The Morgan fingerprint density at radius 3 is 3.06 bits per heavy atom. The van der Waals surface area contributed by atoms with Crippen molar-refractivity contribution in [2.45, 2.75) is 19.4 Å². The quantitative estimate of drug-likeness (QED) is 0.891. The standard InChI is InChI=1S/C12H15ClN2OS/c1-8-5-6-17-12(14-8)15-11-7-9(16-2)3-4-10(11)13/h3-4,7-8H,5-6H2,1-2H3,(H,14,15). The number of amidine groups is 1. The van der Waals surface area contributed by atoms with Crippen LogP contribution in [0.15, 0.2) is 23.2 Å². The van der Waals surface area contributed by atoms with Gasteiger partial charge in [-0.1, -0.05) is 23.4 Å². The third-order valence-corrected chi connectivity index (χ3v) is 3.78. The molecule has 1 unspecified atom stereocenters. The van der Waals surface area contributed by atoms with Crippen LogP contribution in [0.2, 0.25) is 5.02 Å². The molecule has 92 valence electrons. The second kappa shape index (κ2) is 5.65. The van der Waals surface area contributed by atoms with Crippen LogP contribution in [0.25, 0.3) is 0 Å². The van der Waals surface area contributed by atoms with Gasteiger partial charge in [0.05, 0.1) is 23.9 Å². The van der Waals surface area contributed by atoms with Gasteiger partial charge in [-0.25, -0.2) is 0 Å². The molecule has 3 nitrogen and oxygen atoms in total. The molecule has 1 atom stereocenters. The van der Waals surface area contributed by atoms with Gasteiger partial charge in [-0.2, -0.15) is 0 Å². The molecule has 0 aromatic heterocycles. The number of nitrogens with zero attached hydrogens (tertiary/aromatic N) is 1. The third-order valence-electron chi connectivity index (χ3n) is 2.53. The van der Waals surface area contributed by atoms with E-state index < -0.39 is 0 Å². The number of thioether (sulfide) groups is 1. The monoisotopic (exact) mass is 270 g/mol. The van der Waals surface area contributed by atoms with Crippen LogP contribution in [-0.2, 0) is 0 Å². The number of methoxy groups -OCH3 is 1. The lowest BCUT2D eigenvalue weighted by Gasteiger charge is -2.18. The van der Waals surface area contributed by atoms with Gasteiger partial charge in [-0.3, -0.25) is 4.99 Å². The molecule has 1 aromatic rings. The molecule has 0 amide bonds. The van der Waals surface area contributed by atoms with E-state index in [0.29, 0.717) is 11.1 Å². The summed E-state index contributed by atoms with van der Waals surface area (Å²) in [5.41, 5.74) is 0.839. The van der Waals surface area contributed by atoms with Crippen LogP contribution in [-0.4, -0.2) is 24.1 Å². The summed E-state index contributed by atoms with van der Waals surface area (Å²) in [6, 6.07) is 5.92. The van der Waals surface area contributed by atoms with Crippen molar-refractivity contribution in [1.29, 1.82) is 0 Å². The summed E-state index contributed by atoms with van der Waals surface area (Å²) in [7, 11) is 1.64. The zero-order valence-electron chi connectivity index (χ0n) is 9.87. The first-order chi connectivity index (χ1) is 8.19. The summed E-state index contributed by atoms with van der Waals surface area (Å²) in [5, 5.41) is 4.86. The Morgan fingerprint density at radius 2 is 2.35 bits per heavy atom. The van der Waals surface area contributed by atoms with Gasteiger partial charge in [0.1, 0.15) is 5.75 Å². The first-order valence-electron chi connectivity index (χ1n) is 5.50. The van der Waals surface area contributed by atoms with Crippen molar-refractivity contribution < 1.29 is 4.74 Å².